The molecule has 6 unspecified atom stereocenters. The van der Waals surface area contributed by atoms with Crippen molar-refractivity contribution in [3.8, 4) is 0 Å². The van der Waals surface area contributed by atoms with Crippen molar-refractivity contribution in [1.82, 2.24) is 0 Å². The van der Waals surface area contributed by atoms with Crippen molar-refractivity contribution in [2.24, 2.45) is 0 Å². The number of carbonyl (C=O) groups is 1. The van der Waals surface area contributed by atoms with Gasteiger partial charge in [-0.2, -0.15) is 0 Å². The largest absolute Gasteiger partial charge is 0.472 e. The molecule has 382 valence electrons. The van der Waals surface area contributed by atoms with Gasteiger partial charge in [0.1, 0.15) is 42.7 Å². The van der Waals surface area contributed by atoms with Crippen molar-refractivity contribution < 1.29 is 58.3 Å². The highest BCUT2D eigenvalue weighted by Crippen LogP contribution is 2.47. The van der Waals surface area contributed by atoms with Crippen molar-refractivity contribution in [3.63, 3.8) is 0 Å². The maximum Gasteiger partial charge on any atom is 0.472 e. The van der Waals surface area contributed by atoms with Gasteiger partial charge in [-0.25, -0.2) is 4.57 Å². The van der Waals surface area contributed by atoms with E-state index in [0.29, 0.717) is 13.0 Å². The second-order valence-corrected chi connectivity index (χ2v) is 20.5. The fraction of sp³-hybridized carbons (Fsp3) is 0.980. The lowest BCUT2D eigenvalue weighted by molar-refractivity contribution is -0.220. The van der Waals surface area contributed by atoms with Gasteiger partial charge in [0.2, 0.25) is 0 Å². The third kappa shape index (κ3) is 33.8. The zero-order valence-electron chi connectivity index (χ0n) is 41.1. The minimum absolute atomic E-state index is 0.0674. The van der Waals surface area contributed by atoms with E-state index >= 15 is 0 Å². The molecule has 0 aromatic carbocycles. The second kappa shape index (κ2) is 42.4. The molecule has 0 heterocycles. The Morgan fingerprint density at radius 1 is 0.438 bits per heavy atom. The van der Waals surface area contributed by atoms with Crippen molar-refractivity contribution in [2.75, 3.05) is 19.8 Å². The first kappa shape index (κ1) is 61.4. The van der Waals surface area contributed by atoms with Gasteiger partial charge in [-0.05, 0) is 12.8 Å². The third-order valence-electron chi connectivity index (χ3n) is 13.0. The van der Waals surface area contributed by atoms with Crippen molar-refractivity contribution in [3.05, 3.63) is 0 Å². The Kier molecular flexibility index (Phi) is 40.7. The van der Waals surface area contributed by atoms with Crippen LogP contribution in [0.4, 0.5) is 0 Å². The Hall–Kier alpha value is -0.660. The van der Waals surface area contributed by atoms with Gasteiger partial charge in [-0.15, -0.1) is 0 Å². The Balaban J connectivity index is 2.29. The molecule has 0 amide bonds. The van der Waals surface area contributed by atoms with E-state index in [1.807, 2.05) is 0 Å². The van der Waals surface area contributed by atoms with Gasteiger partial charge in [-0.3, -0.25) is 13.8 Å². The summed E-state index contributed by atoms with van der Waals surface area (Å²) in [7, 11) is -5.01. The Morgan fingerprint density at radius 3 is 1.08 bits per heavy atom. The van der Waals surface area contributed by atoms with Gasteiger partial charge in [0, 0.05) is 13.0 Å². The lowest BCUT2D eigenvalue weighted by atomic mass is 9.85. The number of esters is 1. The molecule has 1 rings (SSSR count). The zero-order valence-corrected chi connectivity index (χ0v) is 42.0. The smallest absolute Gasteiger partial charge is 0.457 e. The van der Waals surface area contributed by atoms with Crippen LogP contribution in [-0.2, 0) is 27.9 Å². The van der Waals surface area contributed by atoms with Crippen LogP contribution >= 0.6 is 7.82 Å². The number of aliphatic hydroxyl groups excluding tert-OH is 5. The molecule has 0 aromatic rings. The van der Waals surface area contributed by atoms with Crippen LogP contribution in [0, 0.1) is 0 Å². The molecule has 64 heavy (non-hydrogen) atoms. The van der Waals surface area contributed by atoms with Gasteiger partial charge >= 0.3 is 13.8 Å². The van der Waals surface area contributed by atoms with Crippen LogP contribution in [0.25, 0.3) is 0 Å². The number of hydrogen-bond donors (Lipinski definition) is 6. The molecule has 8 atom stereocenters. The number of rotatable bonds is 47. The quantitative estimate of drug-likeness (QED) is 0.0192. The summed E-state index contributed by atoms with van der Waals surface area (Å²) in [6.45, 7) is 4.33. The molecular formula is C51H101O12P. The number of hydrogen-bond acceptors (Lipinski definition) is 11. The first-order chi connectivity index (χ1) is 31.0. The molecule has 12 nitrogen and oxygen atoms in total. The second-order valence-electron chi connectivity index (χ2n) is 19.1. The topological polar surface area (TPSA) is 192 Å². The van der Waals surface area contributed by atoms with E-state index in [-0.39, 0.29) is 13.0 Å². The van der Waals surface area contributed by atoms with Gasteiger partial charge in [0.15, 0.2) is 0 Å². The molecule has 0 bridgehead atoms. The molecule has 1 aliphatic rings. The van der Waals surface area contributed by atoms with Crippen LogP contribution in [0.15, 0.2) is 0 Å². The normalized spacial score (nSPS) is 21.6. The fourth-order valence-electron chi connectivity index (χ4n) is 8.71. The lowest BCUT2D eigenvalue weighted by Gasteiger charge is -2.41. The fourth-order valence-corrected chi connectivity index (χ4v) is 9.68. The third-order valence-corrected chi connectivity index (χ3v) is 14.0. The summed E-state index contributed by atoms with van der Waals surface area (Å²) in [5.74, 6) is -0.468. The summed E-state index contributed by atoms with van der Waals surface area (Å²) in [5.41, 5.74) is 0. The number of unbranched alkanes of at least 4 members (excludes halogenated alkanes) is 35. The molecule has 1 saturated carbocycles. The molecule has 0 aromatic heterocycles. The summed E-state index contributed by atoms with van der Waals surface area (Å²) in [4.78, 5) is 23.3. The summed E-state index contributed by atoms with van der Waals surface area (Å²) in [6, 6.07) is 0. The van der Waals surface area contributed by atoms with Crippen LogP contribution < -0.4 is 0 Å². The number of phosphoric acid groups is 1. The monoisotopic (exact) mass is 937 g/mol. The molecule has 1 fully saturated rings. The molecule has 0 saturated heterocycles. The van der Waals surface area contributed by atoms with E-state index in [1.165, 1.54) is 193 Å². The Morgan fingerprint density at radius 2 is 0.734 bits per heavy atom. The van der Waals surface area contributed by atoms with Crippen LogP contribution in [0.5, 0.6) is 0 Å². The van der Waals surface area contributed by atoms with E-state index in [1.54, 1.807) is 0 Å². The predicted molar refractivity (Wildman–Crippen MR) is 258 cm³/mol. The first-order valence-electron chi connectivity index (χ1n) is 26.9. The number of ether oxygens (including phenoxy) is 2. The zero-order chi connectivity index (χ0) is 46.9. The minimum atomic E-state index is -5.01. The minimum Gasteiger partial charge on any atom is -0.457 e. The summed E-state index contributed by atoms with van der Waals surface area (Å²) < 4.78 is 34.3. The van der Waals surface area contributed by atoms with E-state index in [4.69, 9.17) is 18.5 Å². The van der Waals surface area contributed by atoms with Crippen LogP contribution in [0.1, 0.15) is 258 Å². The first-order valence-corrected chi connectivity index (χ1v) is 28.4. The van der Waals surface area contributed by atoms with Gasteiger partial charge in [0.25, 0.3) is 0 Å². The van der Waals surface area contributed by atoms with Gasteiger partial charge in [-0.1, -0.05) is 239 Å². The van der Waals surface area contributed by atoms with Gasteiger partial charge in [0.05, 0.1) is 13.2 Å². The van der Waals surface area contributed by atoms with Gasteiger partial charge < -0.3 is 39.9 Å². The summed E-state index contributed by atoms with van der Waals surface area (Å²) in [5, 5.41) is 50.3. The molecule has 13 heteroatoms. The SMILES string of the molecule is CCCCCCCCCCCCCCCCCCCCCCCC(=O)O[C@H](COCCCCCCCCCCCCCCCCCC)COP(=O)(O)OC1C(O)C(O)C(O)[C@@H](O)C1O. The van der Waals surface area contributed by atoms with E-state index < -0.39 is 63.1 Å². The highest BCUT2D eigenvalue weighted by Gasteiger charge is 2.51. The number of aliphatic hydroxyl groups is 5. The van der Waals surface area contributed by atoms with E-state index in [0.717, 1.165) is 38.5 Å². The van der Waals surface area contributed by atoms with Crippen LogP contribution in [0.3, 0.4) is 0 Å². The van der Waals surface area contributed by atoms with Crippen molar-refractivity contribution in [1.29, 1.82) is 0 Å². The number of phosphoric ester groups is 1. The Labute approximate surface area is 391 Å². The predicted octanol–water partition coefficient (Wildman–Crippen LogP) is 12.1. The maximum atomic E-state index is 12.9. The van der Waals surface area contributed by atoms with Crippen LogP contribution in [-0.4, -0.2) is 98.9 Å². The molecule has 1 aliphatic carbocycles. The highest BCUT2D eigenvalue weighted by atomic mass is 31.2. The molecule has 0 aliphatic heterocycles. The summed E-state index contributed by atoms with van der Waals surface area (Å²) >= 11 is 0. The molecule has 0 spiro atoms. The Bertz CT molecular complexity index is 1070. The number of carbonyl (C=O) groups excluding carboxylic acids is 1. The van der Waals surface area contributed by atoms with E-state index in [9.17, 15) is 39.8 Å². The molecule has 0 radical (unpaired) electrons. The maximum absolute atomic E-state index is 12.9. The molecular weight excluding hydrogens is 836 g/mol. The average Bonchev–Trinajstić information content (AvgIpc) is 3.28. The summed E-state index contributed by atoms with van der Waals surface area (Å²) in [6.07, 6.45) is 34.6. The molecule has 6 N–H and O–H groups in total. The standard InChI is InChI=1S/C51H101O12P/c1-3-5-7-9-11-13-15-17-19-21-22-23-24-25-26-28-30-32-34-36-38-40-45(52)62-44(43-61-64(58,59)63-51-49(56)47(54)46(53)48(55)50(51)57)42-60-41-39-37-35-33-31-29-27-20-18-16-14-12-10-8-6-4-2/h44,46-51,53-57H,3-43H2,1-2H3,(H,58,59)/t44-,46?,47-,48?,49?,50?,51?/m1/s1. The highest BCUT2D eigenvalue weighted by molar-refractivity contribution is 7.47. The lowest BCUT2D eigenvalue weighted by Crippen LogP contribution is -2.64. The van der Waals surface area contributed by atoms with Crippen molar-refractivity contribution in [2.45, 2.75) is 301 Å². The van der Waals surface area contributed by atoms with Crippen molar-refractivity contribution >= 4 is 13.8 Å². The van der Waals surface area contributed by atoms with E-state index in [2.05, 4.69) is 13.8 Å². The average molecular weight is 937 g/mol. The van der Waals surface area contributed by atoms with Crippen LogP contribution in [0.2, 0.25) is 0 Å².